The Morgan fingerprint density at radius 1 is 1.21 bits per heavy atom. The number of nitrogens with zero attached hydrogens (tertiary/aromatic N) is 5. The number of hydrogen-bond acceptors (Lipinski definition) is 5. The highest BCUT2D eigenvalue weighted by Crippen LogP contribution is 2.39. The van der Waals surface area contributed by atoms with Gasteiger partial charge in [-0.05, 0) is 43.4 Å². The van der Waals surface area contributed by atoms with Gasteiger partial charge in [-0.2, -0.15) is 13.2 Å². The van der Waals surface area contributed by atoms with Crippen molar-refractivity contribution in [2.45, 2.75) is 44.8 Å². The molecule has 1 aromatic carbocycles. The third-order valence-corrected chi connectivity index (χ3v) is 5.94. The number of carbonyl (C=O) groups is 2. The van der Waals surface area contributed by atoms with Crippen molar-refractivity contribution >= 4 is 11.9 Å². The topological polar surface area (TPSA) is 91.6 Å². The summed E-state index contributed by atoms with van der Waals surface area (Å²) in [5.41, 5.74) is 0.683. The molecule has 2 saturated heterocycles. The molecule has 8 nitrogen and oxygen atoms in total. The van der Waals surface area contributed by atoms with Crippen LogP contribution in [0.4, 0.5) is 17.6 Å². The lowest BCUT2D eigenvalue weighted by Gasteiger charge is -2.57. The van der Waals surface area contributed by atoms with Gasteiger partial charge in [0.15, 0.2) is 0 Å². The maximum atomic E-state index is 13.4. The molecule has 0 saturated carbocycles. The quantitative estimate of drug-likeness (QED) is 0.668. The van der Waals surface area contributed by atoms with Crippen LogP contribution in [0.15, 0.2) is 30.6 Å². The van der Waals surface area contributed by atoms with Gasteiger partial charge in [0.25, 0.3) is 5.91 Å². The summed E-state index contributed by atoms with van der Waals surface area (Å²) in [5, 5.41) is 11.4. The van der Waals surface area contributed by atoms with Crippen molar-refractivity contribution in [3.63, 3.8) is 0 Å². The molecule has 2 aliphatic heterocycles. The summed E-state index contributed by atoms with van der Waals surface area (Å²) in [6, 6.07) is 6.10. The van der Waals surface area contributed by atoms with E-state index in [0.29, 0.717) is 11.6 Å². The molecule has 4 rings (SSSR count). The average Bonchev–Trinajstić information content (AvgIpc) is 3.26. The van der Waals surface area contributed by atoms with E-state index in [1.165, 1.54) is 23.1 Å². The minimum absolute atomic E-state index is 0.128. The first kappa shape index (κ1) is 25.6. The fourth-order valence-corrected chi connectivity index (χ4v) is 4.31. The fourth-order valence-electron chi connectivity index (χ4n) is 4.31. The van der Waals surface area contributed by atoms with Crippen molar-refractivity contribution in [3.05, 3.63) is 42.2 Å². The normalized spacial score (nSPS) is 20.6. The predicted octanol–water partition coefficient (Wildman–Crippen LogP) is 3.38. The minimum atomic E-state index is -5.08. The van der Waals surface area contributed by atoms with Gasteiger partial charge in [0.1, 0.15) is 12.1 Å². The summed E-state index contributed by atoms with van der Waals surface area (Å²) < 4.78 is 46.6. The second kappa shape index (κ2) is 10.1. The molecular weight excluding hydrogens is 458 g/mol. The van der Waals surface area contributed by atoms with E-state index in [-0.39, 0.29) is 23.1 Å². The second-order valence-corrected chi connectivity index (χ2v) is 8.94. The van der Waals surface area contributed by atoms with Gasteiger partial charge in [-0.3, -0.25) is 9.69 Å². The molecule has 0 bridgehead atoms. The zero-order valence-corrected chi connectivity index (χ0v) is 18.9. The van der Waals surface area contributed by atoms with Crippen molar-refractivity contribution in [1.82, 2.24) is 24.6 Å². The SMILES string of the molecule is CC(C)CN1CCC12CCCN(C(=O)c1ncn(-c3cccc(F)c3)n1)C2.O=C(O)C(F)(F)F. The zero-order chi connectivity index (χ0) is 25.1. The monoisotopic (exact) mass is 485 g/mol. The highest BCUT2D eigenvalue weighted by molar-refractivity contribution is 5.90. The van der Waals surface area contributed by atoms with Crippen molar-refractivity contribution < 1.29 is 32.3 Å². The van der Waals surface area contributed by atoms with E-state index in [9.17, 15) is 22.4 Å². The lowest BCUT2D eigenvalue weighted by atomic mass is 9.77. The molecule has 34 heavy (non-hydrogen) atoms. The third-order valence-electron chi connectivity index (χ3n) is 5.94. The van der Waals surface area contributed by atoms with E-state index < -0.39 is 12.1 Å². The maximum Gasteiger partial charge on any atom is 0.490 e. The molecule has 0 radical (unpaired) electrons. The molecule has 2 aromatic rings. The predicted molar refractivity (Wildman–Crippen MR) is 114 cm³/mol. The van der Waals surface area contributed by atoms with E-state index in [1.807, 2.05) is 4.90 Å². The Bertz CT molecular complexity index is 1030. The Balaban J connectivity index is 0.000000406. The molecule has 1 spiro atoms. The van der Waals surface area contributed by atoms with Gasteiger partial charge in [-0.25, -0.2) is 18.9 Å². The molecule has 1 amide bonds. The Kier molecular flexibility index (Phi) is 7.59. The number of aromatic nitrogens is 3. The van der Waals surface area contributed by atoms with Crippen molar-refractivity contribution in [3.8, 4) is 5.69 Å². The summed E-state index contributed by atoms with van der Waals surface area (Å²) in [4.78, 5) is 30.5. The summed E-state index contributed by atoms with van der Waals surface area (Å²) in [6.07, 6.45) is -0.315. The lowest BCUT2D eigenvalue weighted by Crippen LogP contribution is -2.68. The summed E-state index contributed by atoms with van der Waals surface area (Å²) in [5.74, 6) is -2.44. The van der Waals surface area contributed by atoms with E-state index in [0.717, 1.165) is 45.4 Å². The van der Waals surface area contributed by atoms with E-state index in [2.05, 4.69) is 28.8 Å². The molecule has 2 aliphatic rings. The van der Waals surface area contributed by atoms with Crippen LogP contribution in [0.2, 0.25) is 0 Å². The van der Waals surface area contributed by atoms with Gasteiger partial charge in [-0.15, -0.1) is 5.10 Å². The van der Waals surface area contributed by atoms with Gasteiger partial charge in [0, 0.05) is 31.7 Å². The van der Waals surface area contributed by atoms with Crippen molar-refractivity contribution in [1.29, 1.82) is 0 Å². The molecule has 3 heterocycles. The first-order chi connectivity index (χ1) is 15.9. The average molecular weight is 485 g/mol. The third kappa shape index (κ3) is 5.91. The number of carboxylic acids is 1. The molecule has 2 fully saturated rings. The standard InChI is InChI=1S/C20H26FN5O.C2HF3O2/c1-15(2)12-25-10-8-20(25)7-4-9-24(13-20)19(27)18-22-14-26(23-18)17-6-3-5-16(21)11-17;3-2(4,5)1(6)7/h3,5-6,11,14-15H,4,7-10,12-13H2,1-2H3;(H,6,7). The van der Waals surface area contributed by atoms with Crippen LogP contribution in [0.25, 0.3) is 5.69 Å². The van der Waals surface area contributed by atoms with Gasteiger partial charge < -0.3 is 10.0 Å². The lowest BCUT2D eigenvalue weighted by molar-refractivity contribution is -0.192. The van der Waals surface area contributed by atoms with Crippen molar-refractivity contribution in [2.75, 3.05) is 26.2 Å². The Labute approximate surface area is 194 Å². The second-order valence-electron chi connectivity index (χ2n) is 8.94. The highest BCUT2D eigenvalue weighted by Gasteiger charge is 2.48. The van der Waals surface area contributed by atoms with Crippen LogP contribution >= 0.6 is 0 Å². The van der Waals surface area contributed by atoms with Crippen LogP contribution in [0.3, 0.4) is 0 Å². The van der Waals surface area contributed by atoms with Crippen LogP contribution in [-0.4, -0.2) is 79.4 Å². The number of piperidine rings is 1. The highest BCUT2D eigenvalue weighted by atomic mass is 19.4. The number of carboxylic acid groups (broad SMARTS) is 1. The van der Waals surface area contributed by atoms with Gasteiger partial charge in [-0.1, -0.05) is 19.9 Å². The number of hydrogen-bond donors (Lipinski definition) is 1. The molecule has 1 aromatic heterocycles. The van der Waals surface area contributed by atoms with Gasteiger partial charge in [0.2, 0.25) is 5.82 Å². The van der Waals surface area contributed by atoms with Crippen molar-refractivity contribution in [2.24, 2.45) is 5.92 Å². The molecule has 1 N–H and O–H groups in total. The first-order valence-electron chi connectivity index (χ1n) is 10.9. The Morgan fingerprint density at radius 3 is 2.47 bits per heavy atom. The molecule has 186 valence electrons. The summed E-state index contributed by atoms with van der Waals surface area (Å²) >= 11 is 0. The summed E-state index contributed by atoms with van der Waals surface area (Å²) in [7, 11) is 0. The number of halogens is 4. The molecule has 0 aliphatic carbocycles. The number of amides is 1. The largest absolute Gasteiger partial charge is 0.490 e. The van der Waals surface area contributed by atoms with Gasteiger partial charge in [0.05, 0.1) is 5.69 Å². The number of aliphatic carboxylic acids is 1. The Morgan fingerprint density at radius 2 is 1.91 bits per heavy atom. The summed E-state index contributed by atoms with van der Waals surface area (Å²) in [6.45, 7) is 8.15. The number of benzene rings is 1. The fraction of sp³-hybridized carbons (Fsp3) is 0.545. The van der Waals surface area contributed by atoms with Crippen LogP contribution in [0.1, 0.15) is 43.7 Å². The van der Waals surface area contributed by atoms with Crippen LogP contribution in [0, 0.1) is 11.7 Å². The smallest absolute Gasteiger partial charge is 0.475 e. The van der Waals surface area contributed by atoms with Crippen LogP contribution < -0.4 is 0 Å². The van der Waals surface area contributed by atoms with E-state index >= 15 is 0 Å². The molecule has 12 heteroatoms. The number of carbonyl (C=O) groups excluding carboxylic acids is 1. The Hall–Kier alpha value is -3.02. The van der Waals surface area contributed by atoms with Crippen LogP contribution in [0.5, 0.6) is 0 Å². The van der Waals surface area contributed by atoms with Crippen LogP contribution in [-0.2, 0) is 4.79 Å². The first-order valence-corrected chi connectivity index (χ1v) is 10.9. The van der Waals surface area contributed by atoms with E-state index in [4.69, 9.17) is 9.90 Å². The number of rotatable bonds is 4. The zero-order valence-electron chi connectivity index (χ0n) is 18.9. The molecule has 1 atom stereocenters. The number of likely N-dealkylation sites (tertiary alicyclic amines) is 2. The molecule has 1 unspecified atom stereocenters. The van der Waals surface area contributed by atoms with Gasteiger partial charge >= 0.3 is 12.1 Å². The molecular formula is C22H27F4N5O3. The van der Waals surface area contributed by atoms with E-state index in [1.54, 1.807) is 12.1 Å². The maximum absolute atomic E-state index is 13.4. The number of alkyl halides is 3. The minimum Gasteiger partial charge on any atom is -0.475 e.